The van der Waals surface area contributed by atoms with Crippen molar-refractivity contribution in [1.82, 2.24) is 26.8 Å². The van der Waals surface area contributed by atoms with Crippen LogP contribution in [0.3, 0.4) is 0 Å². The number of rotatable bonds is 4. The molecular weight excluding hydrogens is 321 g/mol. The number of hydrazine groups is 3. The third-order valence-electron chi connectivity index (χ3n) is 2.74. The quantitative estimate of drug-likeness (QED) is 0.448. The molecule has 1 fully saturated rings. The van der Waals surface area contributed by atoms with Crippen LogP contribution in [-0.2, 0) is 9.47 Å². The summed E-state index contributed by atoms with van der Waals surface area (Å²) >= 11 is 0. The molecule has 0 aromatic heterocycles. The van der Waals surface area contributed by atoms with Gasteiger partial charge in [0.05, 0.1) is 6.54 Å². The van der Waals surface area contributed by atoms with E-state index in [1.807, 2.05) is 0 Å². The summed E-state index contributed by atoms with van der Waals surface area (Å²) in [6, 6.07) is 0. The van der Waals surface area contributed by atoms with Gasteiger partial charge in [0, 0.05) is 6.42 Å². The predicted octanol–water partition coefficient (Wildman–Crippen LogP) is 1.33. The van der Waals surface area contributed by atoms with E-state index in [9.17, 15) is 14.0 Å². The lowest BCUT2D eigenvalue weighted by molar-refractivity contribution is 0.0164. The van der Waals surface area contributed by atoms with E-state index in [-0.39, 0.29) is 13.0 Å². The van der Waals surface area contributed by atoms with Crippen molar-refractivity contribution in [2.45, 2.75) is 71.5 Å². The SMILES string of the molecule is CC(C)(C)OC(=O)NNNN[C@H]1C[C@@H](F)CN1C(=O)OC(C)(C)C. The molecule has 0 aliphatic carbocycles. The molecule has 0 aromatic carbocycles. The van der Waals surface area contributed by atoms with Crippen LogP contribution in [0.25, 0.3) is 0 Å². The Morgan fingerprint density at radius 3 is 2.17 bits per heavy atom. The van der Waals surface area contributed by atoms with Gasteiger partial charge in [-0.2, -0.15) is 11.1 Å². The number of amides is 2. The van der Waals surface area contributed by atoms with Crippen LogP contribution < -0.4 is 21.9 Å². The fourth-order valence-corrected chi connectivity index (χ4v) is 1.95. The number of ether oxygens (including phenoxy) is 2. The standard InChI is InChI=1S/C14H28FN5O4/c1-13(2,3)23-11(21)17-19-18-16-10-7-9(15)8-20(10)12(22)24-14(4,5)6/h9-10,16,18-19H,7-8H2,1-6H3,(H,17,21)/t9-,10-/m1/s1. The lowest BCUT2D eigenvalue weighted by atomic mass is 10.2. The van der Waals surface area contributed by atoms with Gasteiger partial charge in [0.15, 0.2) is 0 Å². The number of halogens is 1. The molecule has 1 heterocycles. The Bertz CT molecular complexity index is 449. The normalized spacial score (nSPS) is 21.5. The number of nitrogens with zero attached hydrogens (tertiary/aromatic N) is 1. The molecule has 24 heavy (non-hydrogen) atoms. The van der Waals surface area contributed by atoms with Crippen molar-refractivity contribution in [2.75, 3.05) is 6.54 Å². The molecule has 4 N–H and O–H groups in total. The summed E-state index contributed by atoms with van der Waals surface area (Å²) in [7, 11) is 0. The fraction of sp³-hybridized carbons (Fsp3) is 0.857. The van der Waals surface area contributed by atoms with Gasteiger partial charge in [0.25, 0.3) is 0 Å². The molecule has 9 nitrogen and oxygen atoms in total. The second-order valence-electron chi connectivity index (χ2n) is 7.50. The first kappa shape index (κ1) is 20.4. The maximum atomic E-state index is 13.6. The van der Waals surface area contributed by atoms with Crippen molar-refractivity contribution >= 4 is 12.2 Å². The molecule has 0 spiro atoms. The molecule has 0 saturated carbocycles. The Morgan fingerprint density at radius 2 is 1.62 bits per heavy atom. The lowest BCUT2D eigenvalue weighted by Gasteiger charge is -2.29. The third kappa shape index (κ3) is 7.75. The highest BCUT2D eigenvalue weighted by Gasteiger charge is 2.37. The summed E-state index contributed by atoms with van der Waals surface area (Å²) in [5.41, 5.74) is 8.51. The summed E-state index contributed by atoms with van der Waals surface area (Å²) in [5.74, 6) is 0. The molecule has 2 amide bonds. The molecule has 0 aromatic rings. The van der Waals surface area contributed by atoms with E-state index in [0.717, 1.165) is 0 Å². The van der Waals surface area contributed by atoms with Gasteiger partial charge >= 0.3 is 12.2 Å². The van der Waals surface area contributed by atoms with Crippen LogP contribution in [0.1, 0.15) is 48.0 Å². The van der Waals surface area contributed by atoms with E-state index >= 15 is 0 Å². The maximum Gasteiger partial charge on any atom is 0.423 e. The molecular formula is C14H28FN5O4. The number of alkyl halides is 1. The van der Waals surface area contributed by atoms with Crippen LogP contribution in [0, 0.1) is 0 Å². The Hall–Kier alpha value is -1.65. The van der Waals surface area contributed by atoms with Crippen LogP contribution in [0.5, 0.6) is 0 Å². The van der Waals surface area contributed by atoms with Crippen LogP contribution in [0.4, 0.5) is 14.0 Å². The van der Waals surface area contributed by atoms with Crippen LogP contribution in [0.2, 0.25) is 0 Å². The average molecular weight is 349 g/mol. The zero-order valence-electron chi connectivity index (χ0n) is 15.0. The maximum absolute atomic E-state index is 13.6. The predicted molar refractivity (Wildman–Crippen MR) is 85.0 cm³/mol. The van der Waals surface area contributed by atoms with Crippen LogP contribution in [0.15, 0.2) is 0 Å². The third-order valence-corrected chi connectivity index (χ3v) is 2.74. The van der Waals surface area contributed by atoms with E-state index in [0.29, 0.717) is 0 Å². The highest BCUT2D eigenvalue weighted by molar-refractivity contribution is 5.69. The number of carbonyl (C=O) groups excluding carboxylic acids is 2. The minimum Gasteiger partial charge on any atom is -0.444 e. The van der Waals surface area contributed by atoms with Gasteiger partial charge in [-0.3, -0.25) is 4.90 Å². The number of hydrogen-bond acceptors (Lipinski definition) is 7. The van der Waals surface area contributed by atoms with Gasteiger partial charge in [-0.1, -0.05) is 0 Å². The molecule has 0 unspecified atom stereocenters. The summed E-state index contributed by atoms with van der Waals surface area (Å²) in [4.78, 5) is 24.7. The Kier molecular flexibility index (Phi) is 6.76. The zero-order chi connectivity index (χ0) is 18.5. The monoisotopic (exact) mass is 349 g/mol. The number of hydrogen-bond donors (Lipinski definition) is 4. The van der Waals surface area contributed by atoms with Crippen molar-refractivity contribution < 1.29 is 23.5 Å². The Morgan fingerprint density at radius 1 is 1.04 bits per heavy atom. The molecule has 2 atom stereocenters. The summed E-state index contributed by atoms with van der Waals surface area (Å²) in [6.07, 6.45) is -2.98. The Labute approximate surface area is 141 Å². The highest BCUT2D eigenvalue weighted by atomic mass is 19.1. The number of carbonyl (C=O) groups is 2. The van der Waals surface area contributed by atoms with Gasteiger partial charge in [0.2, 0.25) is 0 Å². The fourth-order valence-electron chi connectivity index (χ4n) is 1.95. The first-order chi connectivity index (χ1) is 10.9. The first-order valence-corrected chi connectivity index (χ1v) is 7.75. The summed E-state index contributed by atoms with van der Waals surface area (Å²) in [5, 5.41) is 0. The second-order valence-corrected chi connectivity index (χ2v) is 7.50. The molecule has 1 rings (SSSR count). The number of likely N-dealkylation sites (tertiary alicyclic amines) is 1. The second kappa shape index (κ2) is 7.95. The van der Waals surface area contributed by atoms with Crippen LogP contribution >= 0.6 is 0 Å². The molecule has 140 valence electrons. The van der Waals surface area contributed by atoms with Crippen LogP contribution in [-0.4, -0.2) is 47.2 Å². The van der Waals surface area contributed by atoms with E-state index in [1.165, 1.54) is 4.90 Å². The zero-order valence-corrected chi connectivity index (χ0v) is 15.0. The summed E-state index contributed by atoms with van der Waals surface area (Å²) < 4.78 is 23.9. The minimum atomic E-state index is -1.16. The molecule has 10 heteroatoms. The van der Waals surface area contributed by atoms with Gasteiger partial charge in [-0.15, -0.1) is 0 Å². The molecule has 1 aliphatic heterocycles. The molecule has 1 aliphatic rings. The Balaban J connectivity index is 2.40. The molecule has 0 bridgehead atoms. The van der Waals surface area contributed by atoms with Crippen molar-refractivity contribution in [3.05, 3.63) is 0 Å². The average Bonchev–Trinajstić information content (AvgIpc) is 2.72. The smallest absolute Gasteiger partial charge is 0.423 e. The van der Waals surface area contributed by atoms with Crippen molar-refractivity contribution in [2.24, 2.45) is 0 Å². The van der Waals surface area contributed by atoms with Crippen molar-refractivity contribution in [1.29, 1.82) is 0 Å². The van der Waals surface area contributed by atoms with E-state index < -0.39 is 35.7 Å². The van der Waals surface area contributed by atoms with Gasteiger partial charge in [0.1, 0.15) is 23.5 Å². The van der Waals surface area contributed by atoms with Gasteiger partial charge < -0.3 is 9.47 Å². The first-order valence-electron chi connectivity index (χ1n) is 7.75. The van der Waals surface area contributed by atoms with Crippen molar-refractivity contribution in [3.63, 3.8) is 0 Å². The van der Waals surface area contributed by atoms with E-state index in [2.05, 4.69) is 21.9 Å². The van der Waals surface area contributed by atoms with Gasteiger partial charge in [-0.25, -0.2) is 24.8 Å². The number of nitrogens with one attached hydrogen (secondary N) is 4. The van der Waals surface area contributed by atoms with Gasteiger partial charge in [-0.05, 0) is 41.5 Å². The van der Waals surface area contributed by atoms with E-state index in [1.54, 1.807) is 41.5 Å². The van der Waals surface area contributed by atoms with Crippen molar-refractivity contribution in [3.8, 4) is 0 Å². The topological polar surface area (TPSA) is 104 Å². The summed E-state index contributed by atoms with van der Waals surface area (Å²) in [6.45, 7) is 10.3. The van der Waals surface area contributed by atoms with E-state index in [4.69, 9.17) is 9.47 Å². The molecule has 0 radical (unpaired) electrons. The molecule has 1 saturated heterocycles. The lowest BCUT2D eigenvalue weighted by Crippen LogP contribution is -2.59. The minimum absolute atomic E-state index is 0.0618. The largest absolute Gasteiger partial charge is 0.444 e. The highest BCUT2D eigenvalue weighted by Crippen LogP contribution is 2.21.